The van der Waals surface area contributed by atoms with Crippen molar-refractivity contribution in [3.8, 4) is 0 Å². The third-order valence-corrected chi connectivity index (χ3v) is 6.06. The molecule has 1 aliphatic heterocycles. The van der Waals surface area contributed by atoms with Gasteiger partial charge < -0.3 is 9.64 Å². The van der Waals surface area contributed by atoms with Gasteiger partial charge in [0.15, 0.2) is 5.82 Å². The van der Waals surface area contributed by atoms with Crippen LogP contribution in [0.25, 0.3) is 0 Å². The van der Waals surface area contributed by atoms with Crippen LogP contribution < -0.4 is 4.90 Å². The second-order valence-corrected chi connectivity index (χ2v) is 8.44. The van der Waals surface area contributed by atoms with Gasteiger partial charge in [0, 0.05) is 59.6 Å². The summed E-state index contributed by atoms with van der Waals surface area (Å²) in [4.78, 5) is 7.14. The van der Waals surface area contributed by atoms with Gasteiger partial charge in [-0.15, -0.1) is 5.10 Å². The molecular weight excluding hydrogens is 402 g/mol. The summed E-state index contributed by atoms with van der Waals surface area (Å²) >= 11 is 0. The summed E-state index contributed by atoms with van der Waals surface area (Å²) in [6.45, 7) is 6.16. The van der Waals surface area contributed by atoms with Crippen LogP contribution in [0.15, 0.2) is 54.6 Å². The fraction of sp³-hybridized carbons (Fsp3) is 0.458. The normalized spacial score (nSPS) is 16.2. The zero-order valence-corrected chi connectivity index (χ0v) is 19.3. The van der Waals surface area contributed by atoms with Crippen molar-refractivity contribution in [1.29, 1.82) is 0 Å². The highest BCUT2D eigenvalue weighted by Crippen LogP contribution is 2.29. The fourth-order valence-electron chi connectivity index (χ4n) is 4.24. The van der Waals surface area contributed by atoms with Gasteiger partial charge in [0.05, 0.1) is 19.2 Å². The zero-order chi connectivity index (χ0) is 22.3. The smallest absolute Gasteiger partial charge is 0.173 e. The molecule has 3 aromatic rings. The van der Waals surface area contributed by atoms with Crippen LogP contribution >= 0.6 is 0 Å². The molecule has 4 rings (SSSR count). The van der Waals surface area contributed by atoms with Crippen molar-refractivity contribution in [2.45, 2.75) is 19.1 Å². The van der Waals surface area contributed by atoms with E-state index in [1.807, 2.05) is 4.68 Å². The number of benzene rings is 2. The van der Waals surface area contributed by atoms with Crippen LogP contribution in [0, 0.1) is 0 Å². The van der Waals surface area contributed by atoms with E-state index in [1.54, 1.807) is 7.11 Å². The second-order valence-electron chi connectivity index (χ2n) is 8.44. The lowest BCUT2D eigenvalue weighted by molar-refractivity contribution is 0.0989. The first-order valence-corrected chi connectivity index (χ1v) is 11.2. The molecule has 1 aromatic heterocycles. The number of tetrazole rings is 1. The van der Waals surface area contributed by atoms with Gasteiger partial charge in [0.25, 0.3) is 0 Å². The molecule has 2 heterocycles. The van der Waals surface area contributed by atoms with Crippen LogP contribution in [-0.2, 0) is 17.8 Å². The number of rotatable bonds is 9. The molecule has 1 saturated heterocycles. The minimum atomic E-state index is 0.0111. The molecule has 1 fully saturated rings. The number of piperazine rings is 1. The van der Waals surface area contributed by atoms with Crippen molar-refractivity contribution in [2.75, 3.05) is 58.9 Å². The Balaban J connectivity index is 1.54. The Hall–Kier alpha value is -2.81. The third kappa shape index (κ3) is 5.32. The molecule has 0 amide bonds. The third-order valence-electron chi connectivity index (χ3n) is 6.06. The van der Waals surface area contributed by atoms with Crippen molar-refractivity contribution in [1.82, 2.24) is 30.0 Å². The van der Waals surface area contributed by atoms with Crippen molar-refractivity contribution in [2.24, 2.45) is 0 Å². The van der Waals surface area contributed by atoms with E-state index in [0.717, 1.165) is 38.5 Å². The maximum atomic E-state index is 5.27. The van der Waals surface area contributed by atoms with Crippen molar-refractivity contribution in [3.63, 3.8) is 0 Å². The van der Waals surface area contributed by atoms with Gasteiger partial charge in [-0.3, -0.25) is 9.80 Å². The van der Waals surface area contributed by atoms with Gasteiger partial charge in [0.2, 0.25) is 0 Å². The summed E-state index contributed by atoms with van der Waals surface area (Å²) in [6, 6.07) is 19.4. The van der Waals surface area contributed by atoms with Crippen molar-refractivity contribution in [3.05, 3.63) is 71.5 Å². The summed E-state index contributed by atoms with van der Waals surface area (Å²) < 4.78 is 7.15. The summed E-state index contributed by atoms with van der Waals surface area (Å²) in [7, 11) is 5.82. The molecule has 0 N–H and O–H groups in total. The SMILES string of the molecule is COCCn1nnnc1[C@@H](c1ccc(N(C)C)cc1)N1CCN(Cc2ccccc2)CC1. The summed E-state index contributed by atoms with van der Waals surface area (Å²) in [5, 5.41) is 12.7. The quantitative estimate of drug-likeness (QED) is 0.511. The largest absolute Gasteiger partial charge is 0.383 e. The second kappa shape index (κ2) is 10.7. The topological polar surface area (TPSA) is 62.6 Å². The van der Waals surface area contributed by atoms with Gasteiger partial charge in [-0.05, 0) is 33.7 Å². The van der Waals surface area contributed by atoms with E-state index in [-0.39, 0.29) is 6.04 Å². The molecule has 0 saturated carbocycles. The molecule has 170 valence electrons. The highest BCUT2D eigenvalue weighted by Gasteiger charge is 2.30. The molecule has 0 spiro atoms. The average molecular weight is 436 g/mol. The standard InChI is InChI=1S/C24H33N7O/c1-28(2)22-11-9-21(10-12-22)23(24-25-26-27-31(24)17-18-32-3)30-15-13-29(14-16-30)19-20-7-5-4-6-8-20/h4-12,23H,13-19H2,1-3H3/t23-/m1/s1. The molecule has 1 atom stereocenters. The van der Waals surface area contributed by atoms with Gasteiger partial charge >= 0.3 is 0 Å². The maximum absolute atomic E-state index is 5.27. The van der Waals surface area contributed by atoms with E-state index in [9.17, 15) is 0 Å². The highest BCUT2D eigenvalue weighted by molar-refractivity contribution is 5.47. The van der Waals surface area contributed by atoms with Crippen LogP contribution in [-0.4, -0.2) is 84.0 Å². The van der Waals surface area contributed by atoms with E-state index in [4.69, 9.17) is 4.74 Å². The molecule has 0 radical (unpaired) electrons. The Labute approximate surface area is 190 Å². The lowest BCUT2D eigenvalue weighted by Gasteiger charge is -2.39. The van der Waals surface area contributed by atoms with E-state index in [2.05, 4.69) is 98.9 Å². The van der Waals surface area contributed by atoms with E-state index in [1.165, 1.54) is 16.8 Å². The lowest BCUT2D eigenvalue weighted by atomic mass is 10.0. The summed E-state index contributed by atoms with van der Waals surface area (Å²) in [5.41, 5.74) is 3.75. The first-order chi connectivity index (χ1) is 15.7. The van der Waals surface area contributed by atoms with Gasteiger partial charge in [0.1, 0.15) is 0 Å². The van der Waals surface area contributed by atoms with E-state index in [0.29, 0.717) is 13.2 Å². The number of methoxy groups -OCH3 is 1. The fourth-order valence-corrected chi connectivity index (χ4v) is 4.24. The van der Waals surface area contributed by atoms with Gasteiger partial charge in [-0.1, -0.05) is 42.5 Å². The van der Waals surface area contributed by atoms with Gasteiger partial charge in [-0.25, -0.2) is 4.68 Å². The lowest BCUT2D eigenvalue weighted by Crippen LogP contribution is -2.48. The van der Waals surface area contributed by atoms with Crippen LogP contribution in [0.2, 0.25) is 0 Å². The predicted octanol–water partition coefficient (Wildman–Crippen LogP) is 2.29. The number of aromatic nitrogens is 4. The molecule has 1 aliphatic rings. The maximum Gasteiger partial charge on any atom is 0.173 e. The Morgan fingerprint density at radius 2 is 1.69 bits per heavy atom. The molecule has 0 aliphatic carbocycles. The van der Waals surface area contributed by atoms with Gasteiger partial charge in [-0.2, -0.15) is 0 Å². The van der Waals surface area contributed by atoms with Crippen LogP contribution in [0.5, 0.6) is 0 Å². The zero-order valence-electron chi connectivity index (χ0n) is 19.3. The number of ether oxygens (including phenoxy) is 1. The number of nitrogens with zero attached hydrogens (tertiary/aromatic N) is 7. The predicted molar refractivity (Wildman–Crippen MR) is 126 cm³/mol. The van der Waals surface area contributed by atoms with Crippen LogP contribution in [0.1, 0.15) is 23.0 Å². The van der Waals surface area contributed by atoms with E-state index < -0.39 is 0 Å². The molecule has 0 unspecified atom stereocenters. The first kappa shape index (κ1) is 22.4. The van der Waals surface area contributed by atoms with Crippen molar-refractivity contribution < 1.29 is 4.74 Å². The molecule has 0 bridgehead atoms. The van der Waals surface area contributed by atoms with Crippen molar-refractivity contribution >= 4 is 5.69 Å². The molecule has 32 heavy (non-hydrogen) atoms. The number of anilines is 1. The Morgan fingerprint density at radius 3 is 2.34 bits per heavy atom. The van der Waals surface area contributed by atoms with Crippen LogP contribution in [0.3, 0.4) is 0 Å². The molecule has 8 nitrogen and oxygen atoms in total. The Kier molecular flexibility index (Phi) is 7.47. The molecule has 8 heteroatoms. The minimum absolute atomic E-state index is 0.0111. The highest BCUT2D eigenvalue weighted by atomic mass is 16.5. The summed E-state index contributed by atoms with van der Waals surface area (Å²) in [5.74, 6) is 0.871. The molecular formula is C24H33N7O. The minimum Gasteiger partial charge on any atom is -0.383 e. The Morgan fingerprint density at radius 1 is 0.969 bits per heavy atom. The number of hydrogen-bond acceptors (Lipinski definition) is 7. The first-order valence-electron chi connectivity index (χ1n) is 11.2. The Bertz CT molecular complexity index is 950. The average Bonchev–Trinajstić information content (AvgIpc) is 3.28. The van der Waals surface area contributed by atoms with E-state index >= 15 is 0 Å². The van der Waals surface area contributed by atoms with Crippen LogP contribution in [0.4, 0.5) is 5.69 Å². The summed E-state index contributed by atoms with van der Waals surface area (Å²) in [6.07, 6.45) is 0. The number of hydrogen-bond donors (Lipinski definition) is 0. The molecule has 2 aromatic carbocycles. The monoisotopic (exact) mass is 435 g/mol.